The van der Waals surface area contributed by atoms with Gasteiger partial charge in [0.15, 0.2) is 0 Å². The first-order chi connectivity index (χ1) is 11.4. The highest BCUT2D eigenvalue weighted by molar-refractivity contribution is 5.92. The van der Waals surface area contributed by atoms with Crippen molar-refractivity contribution in [1.29, 1.82) is 0 Å². The van der Waals surface area contributed by atoms with Crippen LogP contribution in [0.2, 0.25) is 0 Å². The van der Waals surface area contributed by atoms with Crippen LogP contribution in [-0.4, -0.2) is 40.4 Å². The number of nitrogens with one attached hydrogen (secondary N) is 1. The van der Waals surface area contributed by atoms with Gasteiger partial charge in [0.1, 0.15) is 11.4 Å². The Balaban J connectivity index is 2.03. The molecule has 1 aromatic heterocycles. The van der Waals surface area contributed by atoms with Gasteiger partial charge in [-0.2, -0.15) is 5.10 Å². The van der Waals surface area contributed by atoms with Crippen molar-refractivity contribution in [3.63, 3.8) is 0 Å². The molecule has 1 aromatic carbocycles. The maximum Gasteiger partial charge on any atom is 0.308 e. The van der Waals surface area contributed by atoms with Gasteiger partial charge in [-0.05, 0) is 31.0 Å². The smallest absolute Gasteiger partial charge is 0.308 e. The Bertz CT molecular complexity index is 720. The predicted octanol–water partition coefficient (Wildman–Crippen LogP) is 1.41. The van der Waals surface area contributed by atoms with Crippen LogP contribution in [-0.2, 0) is 18.3 Å². The fraction of sp³-hybridized carbons (Fsp3) is 0.353. The summed E-state index contributed by atoms with van der Waals surface area (Å²) in [5, 5.41) is 16.1. The van der Waals surface area contributed by atoms with Crippen LogP contribution in [0.5, 0.6) is 5.75 Å². The molecule has 7 nitrogen and oxygen atoms in total. The van der Waals surface area contributed by atoms with Gasteiger partial charge in [-0.25, -0.2) is 0 Å². The molecule has 2 aromatic rings. The van der Waals surface area contributed by atoms with E-state index in [-0.39, 0.29) is 24.6 Å². The predicted molar refractivity (Wildman–Crippen MR) is 88.1 cm³/mol. The number of carbonyl (C=O) groups is 2. The first kappa shape index (κ1) is 17.5. The van der Waals surface area contributed by atoms with E-state index in [1.807, 2.05) is 25.1 Å². The lowest BCUT2D eigenvalue weighted by molar-refractivity contribution is -0.141. The molecule has 0 radical (unpaired) electrons. The number of aliphatic carboxylic acids is 1. The minimum absolute atomic E-state index is 0.0157. The Hall–Kier alpha value is -2.83. The summed E-state index contributed by atoms with van der Waals surface area (Å²) >= 11 is 0. The van der Waals surface area contributed by atoms with Crippen molar-refractivity contribution in [2.45, 2.75) is 13.3 Å². The summed E-state index contributed by atoms with van der Waals surface area (Å²) in [6.45, 7) is 1.85. The normalized spacial score (nSPS) is 11.8. The van der Waals surface area contributed by atoms with Crippen LogP contribution in [0.15, 0.2) is 30.3 Å². The molecule has 0 bridgehead atoms. The molecule has 128 valence electrons. The molecule has 0 fully saturated rings. The van der Waals surface area contributed by atoms with E-state index in [0.29, 0.717) is 5.75 Å². The molecule has 1 heterocycles. The van der Waals surface area contributed by atoms with Crippen LogP contribution in [0.3, 0.4) is 0 Å². The van der Waals surface area contributed by atoms with Gasteiger partial charge in [0, 0.05) is 19.3 Å². The lowest BCUT2D eigenvalue weighted by Crippen LogP contribution is -2.34. The molecule has 2 N–H and O–H groups in total. The Kier molecular flexibility index (Phi) is 5.57. The second-order valence-electron chi connectivity index (χ2n) is 5.56. The van der Waals surface area contributed by atoms with E-state index in [4.69, 9.17) is 4.74 Å². The number of ether oxygens (including phenoxy) is 1. The van der Waals surface area contributed by atoms with E-state index in [0.717, 1.165) is 11.3 Å². The lowest BCUT2D eigenvalue weighted by Gasteiger charge is -2.15. The van der Waals surface area contributed by atoms with Crippen molar-refractivity contribution in [3.8, 4) is 5.75 Å². The van der Waals surface area contributed by atoms with Gasteiger partial charge in [-0.1, -0.05) is 18.2 Å². The van der Waals surface area contributed by atoms with E-state index >= 15 is 0 Å². The third-order valence-corrected chi connectivity index (χ3v) is 3.86. The maximum absolute atomic E-state index is 12.1. The molecule has 0 aliphatic heterocycles. The number of carbonyl (C=O) groups excluding carboxylic acids is 1. The fourth-order valence-electron chi connectivity index (χ4n) is 2.36. The standard InChI is InChI=1S/C17H21N3O4/c1-11-8-14(19-20(11)2)16(21)18-10-13(17(22)23)9-12-6-4-5-7-15(12)24-3/h4-8,13H,9-10H2,1-3H3,(H,18,21)(H,22,23). The molecular formula is C17H21N3O4. The van der Waals surface area contributed by atoms with Crippen molar-refractivity contribution < 1.29 is 19.4 Å². The fourth-order valence-corrected chi connectivity index (χ4v) is 2.36. The van der Waals surface area contributed by atoms with Gasteiger partial charge in [-0.15, -0.1) is 0 Å². The van der Waals surface area contributed by atoms with Gasteiger partial charge in [0.05, 0.1) is 13.0 Å². The number of hydrogen-bond donors (Lipinski definition) is 2. The molecular weight excluding hydrogens is 310 g/mol. The summed E-state index contributed by atoms with van der Waals surface area (Å²) in [4.78, 5) is 23.6. The largest absolute Gasteiger partial charge is 0.496 e. The average molecular weight is 331 g/mol. The van der Waals surface area contributed by atoms with Gasteiger partial charge in [0.2, 0.25) is 0 Å². The SMILES string of the molecule is COc1ccccc1CC(CNC(=O)c1cc(C)n(C)n1)C(=O)O. The molecule has 0 spiro atoms. The van der Waals surface area contributed by atoms with Crippen LogP contribution < -0.4 is 10.1 Å². The zero-order valence-electron chi connectivity index (χ0n) is 13.9. The van der Waals surface area contributed by atoms with Crippen molar-refractivity contribution in [3.05, 3.63) is 47.3 Å². The highest BCUT2D eigenvalue weighted by Gasteiger charge is 2.21. The van der Waals surface area contributed by atoms with E-state index < -0.39 is 11.9 Å². The third-order valence-electron chi connectivity index (χ3n) is 3.86. The van der Waals surface area contributed by atoms with Gasteiger partial charge in [-0.3, -0.25) is 14.3 Å². The van der Waals surface area contributed by atoms with Crippen LogP contribution >= 0.6 is 0 Å². The molecule has 1 unspecified atom stereocenters. The second-order valence-corrected chi connectivity index (χ2v) is 5.56. The molecule has 1 atom stereocenters. The molecule has 0 aliphatic rings. The lowest BCUT2D eigenvalue weighted by atomic mass is 9.98. The van der Waals surface area contributed by atoms with Crippen molar-refractivity contribution in [2.24, 2.45) is 13.0 Å². The molecule has 24 heavy (non-hydrogen) atoms. The first-order valence-electron chi connectivity index (χ1n) is 7.56. The van der Waals surface area contributed by atoms with Gasteiger partial charge >= 0.3 is 5.97 Å². The van der Waals surface area contributed by atoms with E-state index in [1.54, 1.807) is 31.0 Å². The van der Waals surface area contributed by atoms with E-state index in [1.165, 1.54) is 0 Å². The van der Waals surface area contributed by atoms with Gasteiger partial charge in [0.25, 0.3) is 5.91 Å². The minimum atomic E-state index is -0.974. The topological polar surface area (TPSA) is 93.5 Å². The third kappa shape index (κ3) is 4.13. The summed E-state index contributed by atoms with van der Waals surface area (Å²) in [6.07, 6.45) is 0.265. The number of para-hydroxylation sites is 1. The zero-order valence-corrected chi connectivity index (χ0v) is 13.9. The summed E-state index contributed by atoms with van der Waals surface area (Å²) in [7, 11) is 3.29. The number of aromatic nitrogens is 2. The minimum Gasteiger partial charge on any atom is -0.496 e. The molecule has 0 saturated carbocycles. The molecule has 0 saturated heterocycles. The summed E-state index contributed by atoms with van der Waals surface area (Å²) in [5.74, 6) is -1.48. The van der Waals surface area contributed by atoms with Crippen molar-refractivity contribution in [2.75, 3.05) is 13.7 Å². The average Bonchev–Trinajstić information content (AvgIpc) is 2.90. The molecule has 0 aliphatic carbocycles. The Morgan fingerprint density at radius 3 is 2.67 bits per heavy atom. The number of hydrogen-bond acceptors (Lipinski definition) is 4. The number of carboxylic acid groups (broad SMARTS) is 1. The Morgan fingerprint density at radius 2 is 2.08 bits per heavy atom. The quantitative estimate of drug-likeness (QED) is 0.800. The molecule has 1 amide bonds. The number of carboxylic acids is 1. The number of aryl methyl sites for hydroxylation is 2. The Labute approximate surface area is 140 Å². The number of rotatable bonds is 7. The molecule has 2 rings (SSSR count). The van der Waals surface area contributed by atoms with Crippen LogP contribution in [0, 0.1) is 12.8 Å². The highest BCUT2D eigenvalue weighted by atomic mass is 16.5. The summed E-state index contributed by atoms with van der Waals surface area (Å²) < 4.78 is 6.84. The number of benzene rings is 1. The van der Waals surface area contributed by atoms with Crippen molar-refractivity contribution >= 4 is 11.9 Å². The molecule has 7 heteroatoms. The van der Waals surface area contributed by atoms with Gasteiger partial charge < -0.3 is 15.2 Å². The number of amides is 1. The highest BCUT2D eigenvalue weighted by Crippen LogP contribution is 2.21. The number of nitrogens with zero attached hydrogens (tertiary/aromatic N) is 2. The Morgan fingerprint density at radius 1 is 1.38 bits per heavy atom. The monoisotopic (exact) mass is 331 g/mol. The summed E-state index contributed by atoms with van der Waals surface area (Å²) in [6, 6.07) is 8.91. The summed E-state index contributed by atoms with van der Waals surface area (Å²) in [5.41, 5.74) is 1.91. The van der Waals surface area contributed by atoms with Crippen LogP contribution in [0.4, 0.5) is 0 Å². The van der Waals surface area contributed by atoms with E-state index in [9.17, 15) is 14.7 Å². The second kappa shape index (κ2) is 7.63. The maximum atomic E-state index is 12.1. The van der Waals surface area contributed by atoms with Crippen LogP contribution in [0.25, 0.3) is 0 Å². The number of methoxy groups -OCH3 is 1. The van der Waals surface area contributed by atoms with Crippen molar-refractivity contribution in [1.82, 2.24) is 15.1 Å². The first-order valence-corrected chi connectivity index (χ1v) is 7.56. The zero-order chi connectivity index (χ0) is 17.7. The van der Waals surface area contributed by atoms with E-state index in [2.05, 4.69) is 10.4 Å². The van der Waals surface area contributed by atoms with Crippen LogP contribution in [0.1, 0.15) is 21.7 Å².